The summed E-state index contributed by atoms with van der Waals surface area (Å²) in [5, 5.41) is 0.779. The smallest absolute Gasteiger partial charge is 0.343 e. The summed E-state index contributed by atoms with van der Waals surface area (Å²) < 4.78 is 21.7. The topological polar surface area (TPSA) is 54.0 Å². The van der Waals surface area contributed by atoms with E-state index in [4.69, 9.17) is 18.3 Å². The highest BCUT2D eigenvalue weighted by Gasteiger charge is 2.16. The van der Waals surface area contributed by atoms with Gasteiger partial charge in [-0.25, -0.2) is 4.79 Å². The molecular weight excluding hydrogens is 352 g/mol. The van der Waals surface area contributed by atoms with Crippen LogP contribution in [0.1, 0.15) is 23.7 Å². The molecule has 0 aliphatic heterocycles. The van der Waals surface area contributed by atoms with Crippen LogP contribution in [0.25, 0.3) is 0 Å². The Balaban J connectivity index is 2.17. The molecule has 2 aromatic carbocycles. The molecule has 0 amide bonds. The highest BCUT2D eigenvalue weighted by atomic mass is 28.3. The number of carbonyl (C=O) groups excluding carboxylic acids is 1. The van der Waals surface area contributed by atoms with Crippen LogP contribution >= 0.6 is 0 Å². The van der Waals surface area contributed by atoms with Crippen molar-refractivity contribution in [2.75, 3.05) is 13.7 Å². The summed E-state index contributed by atoms with van der Waals surface area (Å²) in [6.07, 6.45) is 0.922. The van der Waals surface area contributed by atoms with Crippen LogP contribution < -0.4 is 19.4 Å². The molecule has 0 aliphatic rings. The number of methoxy groups -OCH3 is 1. The van der Waals surface area contributed by atoms with Crippen LogP contribution in [0.2, 0.25) is 6.55 Å². The first-order valence-electron chi connectivity index (χ1n) is 7.89. The van der Waals surface area contributed by atoms with Crippen molar-refractivity contribution in [2.24, 2.45) is 0 Å². The van der Waals surface area contributed by atoms with Gasteiger partial charge in [0.1, 0.15) is 17.2 Å². The van der Waals surface area contributed by atoms with E-state index < -0.39 is 5.97 Å². The number of hydrogen-bond acceptors (Lipinski definition) is 5. The molecule has 0 unspecified atom stereocenters. The average molecular weight is 373 g/mol. The van der Waals surface area contributed by atoms with E-state index in [1.54, 1.807) is 43.5 Å². The van der Waals surface area contributed by atoms with Gasteiger partial charge in [-0.1, -0.05) is 6.92 Å². The molecular formula is C18H20O5Si2. The Hall–Kier alpha value is -2.10. The molecule has 0 atom stereocenters. The van der Waals surface area contributed by atoms with Gasteiger partial charge in [-0.05, 0) is 60.6 Å². The van der Waals surface area contributed by atoms with Gasteiger partial charge in [-0.3, -0.25) is 0 Å². The fourth-order valence-corrected chi connectivity index (χ4v) is 3.35. The first-order chi connectivity index (χ1) is 12.2. The van der Waals surface area contributed by atoms with E-state index in [-0.39, 0.29) is 9.76 Å². The molecule has 0 heterocycles. The van der Waals surface area contributed by atoms with Crippen LogP contribution in [0, 0.1) is 0 Å². The molecule has 2 rings (SSSR count). The zero-order valence-electron chi connectivity index (χ0n) is 14.5. The first-order valence-corrected chi connectivity index (χ1v) is 10.2. The van der Waals surface area contributed by atoms with E-state index in [2.05, 4.69) is 0 Å². The van der Waals surface area contributed by atoms with Gasteiger partial charge >= 0.3 is 5.97 Å². The van der Waals surface area contributed by atoms with Gasteiger partial charge in [-0.2, -0.15) is 0 Å². The summed E-state index contributed by atoms with van der Waals surface area (Å²) >= 11 is 0. The van der Waals surface area contributed by atoms with Crippen LogP contribution in [-0.4, -0.2) is 39.2 Å². The summed E-state index contributed by atoms with van der Waals surface area (Å²) in [6.45, 7) is 4.62. The monoisotopic (exact) mass is 372 g/mol. The molecule has 0 aromatic heterocycles. The Kier molecular flexibility index (Phi) is 7.71. The number of hydrogen-bond donors (Lipinski definition) is 0. The highest BCUT2D eigenvalue weighted by Crippen LogP contribution is 2.19. The molecule has 0 saturated carbocycles. The maximum Gasteiger partial charge on any atom is 0.343 e. The summed E-state index contributed by atoms with van der Waals surface area (Å²) in [7, 11) is 2.00. The molecule has 25 heavy (non-hydrogen) atoms. The second kappa shape index (κ2) is 10.0. The minimum Gasteiger partial charge on any atom is -0.497 e. The summed E-state index contributed by atoms with van der Waals surface area (Å²) in [5.74, 6) is 1.48. The maximum atomic E-state index is 12.5. The lowest BCUT2D eigenvalue weighted by atomic mass is 10.2. The molecule has 0 fully saturated rings. The number of carbonyl (C=O) groups is 1. The van der Waals surface area contributed by atoms with Crippen molar-refractivity contribution in [1.29, 1.82) is 0 Å². The number of rotatable bonds is 9. The number of benzene rings is 2. The van der Waals surface area contributed by atoms with Crippen molar-refractivity contribution >= 4 is 30.7 Å². The van der Waals surface area contributed by atoms with E-state index in [1.165, 1.54) is 0 Å². The third-order valence-electron chi connectivity index (χ3n) is 3.22. The molecule has 5 nitrogen and oxygen atoms in total. The van der Waals surface area contributed by atoms with E-state index in [9.17, 15) is 4.79 Å². The molecule has 7 heteroatoms. The van der Waals surface area contributed by atoms with Crippen LogP contribution in [0.4, 0.5) is 0 Å². The molecule has 0 bridgehead atoms. The van der Waals surface area contributed by atoms with Gasteiger partial charge in [0.05, 0.1) is 19.3 Å². The third-order valence-corrected chi connectivity index (χ3v) is 5.08. The maximum absolute atomic E-state index is 12.5. The Morgan fingerprint density at radius 2 is 1.72 bits per heavy atom. The van der Waals surface area contributed by atoms with Crippen molar-refractivity contribution in [3.63, 3.8) is 0 Å². The minimum atomic E-state index is -0.419. The van der Waals surface area contributed by atoms with Crippen molar-refractivity contribution in [3.8, 4) is 17.2 Å². The predicted octanol–water partition coefficient (Wildman–Crippen LogP) is 2.63. The van der Waals surface area contributed by atoms with E-state index >= 15 is 0 Å². The lowest BCUT2D eigenvalue weighted by Crippen LogP contribution is -2.27. The summed E-state index contributed by atoms with van der Waals surface area (Å²) in [6, 6.07) is 12.2. The van der Waals surface area contributed by atoms with Crippen molar-refractivity contribution in [3.05, 3.63) is 48.0 Å². The van der Waals surface area contributed by atoms with Gasteiger partial charge in [0.15, 0.2) is 0 Å². The van der Waals surface area contributed by atoms with Crippen LogP contribution in [0.5, 0.6) is 17.2 Å². The van der Waals surface area contributed by atoms with Gasteiger partial charge < -0.3 is 18.3 Å². The SMILES string of the molecule is CCCOc1ccc(C(=O)Oc2ccc(OC)cc2)c([Si]O[Si]C)c1. The third kappa shape index (κ3) is 5.73. The standard InChI is InChI=1S/C18H20O5Si2/c1-4-11-21-15-9-10-16(17(12-15)25-23-24-3)18(19)22-14-7-5-13(20-2)6-8-14/h5-10,12H,4,11H2,1-3H3. The summed E-state index contributed by atoms with van der Waals surface area (Å²) in [5.41, 5.74) is 0.483. The van der Waals surface area contributed by atoms with Gasteiger partial charge in [0, 0.05) is 0 Å². The second-order valence-corrected chi connectivity index (χ2v) is 7.00. The molecule has 4 radical (unpaired) electrons. The molecule has 0 aliphatic carbocycles. The fraction of sp³-hybridized carbons (Fsp3) is 0.278. The fourth-order valence-electron chi connectivity index (χ4n) is 2.01. The lowest BCUT2D eigenvalue weighted by molar-refractivity contribution is 0.0736. The summed E-state index contributed by atoms with van der Waals surface area (Å²) in [4.78, 5) is 12.5. The largest absolute Gasteiger partial charge is 0.497 e. The first kappa shape index (κ1) is 19.2. The van der Waals surface area contributed by atoms with E-state index in [0.717, 1.165) is 17.4 Å². The Morgan fingerprint density at radius 3 is 2.36 bits per heavy atom. The van der Waals surface area contributed by atoms with Crippen molar-refractivity contribution in [1.82, 2.24) is 0 Å². The van der Waals surface area contributed by atoms with E-state index in [1.807, 2.05) is 19.5 Å². The van der Waals surface area contributed by atoms with Gasteiger partial charge in [0.2, 0.25) is 9.76 Å². The molecule has 0 N–H and O–H groups in total. The Labute approximate surface area is 153 Å². The van der Waals surface area contributed by atoms with Crippen LogP contribution in [0.15, 0.2) is 42.5 Å². The zero-order valence-corrected chi connectivity index (χ0v) is 16.5. The van der Waals surface area contributed by atoms with E-state index in [0.29, 0.717) is 33.4 Å². The molecule has 0 saturated heterocycles. The number of ether oxygens (including phenoxy) is 3. The van der Waals surface area contributed by atoms with Gasteiger partial charge in [0.25, 0.3) is 9.76 Å². The molecule has 130 valence electrons. The zero-order chi connectivity index (χ0) is 18.1. The van der Waals surface area contributed by atoms with Gasteiger partial charge in [-0.15, -0.1) is 0 Å². The molecule has 0 spiro atoms. The Bertz CT molecular complexity index is 688. The Morgan fingerprint density at radius 1 is 1.04 bits per heavy atom. The van der Waals surface area contributed by atoms with Crippen molar-refractivity contribution < 1.29 is 23.1 Å². The lowest BCUT2D eigenvalue weighted by Gasteiger charge is -2.12. The van der Waals surface area contributed by atoms with Crippen molar-refractivity contribution in [2.45, 2.75) is 19.9 Å². The average Bonchev–Trinajstić information content (AvgIpc) is 2.65. The normalized spacial score (nSPS) is 10.4. The van der Waals surface area contributed by atoms with Crippen LogP contribution in [0.3, 0.4) is 0 Å². The predicted molar refractivity (Wildman–Crippen MR) is 98.3 cm³/mol. The molecule has 2 aromatic rings. The number of esters is 1. The second-order valence-electron chi connectivity index (χ2n) is 5.03. The highest BCUT2D eigenvalue weighted by molar-refractivity contribution is 6.55. The van der Waals surface area contributed by atoms with Crippen LogP contribution in [-0.2, 0) is 4.12 Å². The minimum absolute atomic E-state index is 0.0678. The quantitative estimate of drug-likeness (QED) is 0.385.